The topological polar surface area (TPSA) is 117 Å². The van der Waals surface area contributed by atoms with Crippen LogP contribution in [0.3, 0.4) is 0 Å². The number of carbonyl (C=O) groups is 1. The van der Waals surface area contributed by atoms with Crippen molar-refractivity contribution in [2.45, 2.75) is 0 Å². The van der Waals surface area contributed by atoms with Crippen LogP contribution in [0.15, 0.2) is 71.8 Å². The number of ether oxygens (including phenoxy) is 1. The van der Waals surface area contributed by atoms with Crippen LogP contribution in [0.25, 0.3) is 10.8 Å². The number of carbonyl (C=O) groups excluding carboxylic acids is 1. The highest BCUT2D eigenvalue weighted by Crippen LogP contribution is 2.26. The van der Waals surface area contributed by atoms with Crippen molar-refractivity contribution in [2.24, 2.45) is 5.10 Å². The van der Waals surface area contributed by atoms with Crippen molar-refractivity contribution in [2.75, 3.05) is 18.2 Å². The van der Waals surface area contributed by atoms with Crippen molar-refractivity contribution in [3.05, 3.63) is 77.9 Å². The van der Waals surface area contributed by atoms with Crippen LogP contribution in [0, 0.1) is 0 Å². The third-order valence-corrected chi connectivity index (χ3v) is 4.57. The Hall–Kier alpha value is -4.33. The molecule has 0 fully saturated rings. The van der Waals surface area contributed by atoms with Gasteiger partial charge in [0.05, 0.1) is 13.3 Å². The summed E-state index contributed by atoms with van der Waals surface area (Å²) in [6.45, 7) is 0. The van der Waals surface area contributed by atoms with E-state index in [1.54, 1.807) is 13.3 Å². The van der Waals surface area contributed by atoms with Crippen molar-refractivity contribution >= 4 is 40.2 Å². The van der Waals surface area contributed by atoms with E-state index in [0.29, 0.717) is 11.6 Å². The quantitative estimate of drug-likeness (QED) is 0.291. The number of hydrazone groups is 1. The summed E-state index contributed by atoms with van der Waals surface area (Å²) >= 11 is 0. The van der Waals surface area contributed by atoms with Gasteiger partial charge in [-0.3, -0.25) is 9.89 Å². The molecule has 5 N–H and O–H groups in total. The van der Waals surface area contributed by atoms with E-state index in [1.165, 1.54) is 0 Å². The maximum Gasteiger partial charge on any atom is 0.278 e. The van der Waals surface area contributed by atoms with E-state index >= 15 is 0 Å². The van der Waals surface area contributed by atoms with Crippen molar-refractivity contribution in [1.29, 1.82) is 0 Å². The van der Waals surface area contributed by atoms with E-state index in [1.807, 2.05) is 66.7 Å². The number of nitrogens with one attached hydrogen (secondary N) is 3. The lowest BCUT2D eigenvalue weighted by molar-refractivity contribution is 0.0957. The number of hydrogen-bond donors (Lipinski definition) is 4. The number of nitrogens with two attached hydrogens (primary N) is 1. The fourth-order valence-electron chi connectivity index (χ4n) is 3.13. The average Bonchev–Trinajstić information content (AvgIpc) is 3.14. The van der Waals surface area contributed by atoms with Crippen molar-refractivity contribution in [3.63, 3.8) is 0 Å². The molecule has 0 aliphatic rings. The number of methoxy groups -OCH3 is 1. The summed E-state index contributed by atoms with van der Waals surface area (Å²) in [5.41, 5.74) is 10.1. The first-order valence-electron chi connectivity index (χ1n) is 9.22. The van der Waals surface area contributed by atoms with Crippen LogP contribution < -0.4 is 21.2 Å². The minimum absolute atomic E-state index is 0.142. The number of hydrogen-bond acceptors (Lipinski definition) is 6. The Bertz CT molecular complexity index is 1220. The largest absolute Gasteiger partial charge is 0.496 e. The number of rotatable bonds is 6. The Morgan fingerprint density at radius 1 is 1.10 bits per heavy atom. The van der Waals surface area contributed by atoms with Crippen molar-refractivity contribution < 1.29 is 9.53 Å². The highest BCUT2D eigenvalue weighted by atomic mass is 16.5. The van der Waals surface area contributed by atoms with Gasteiger partial charge in [-0.2, -0.15) is 10.2 Å². The first kappa shape index (κ1) is 19.0. The zero-order valence-electron chi connectivity index (χ0n) is 16.2. The number of anilines is 3. The molecule has 4 aromatic rings. The van der Waals surface area contributed by atoms with Gasteiger partial charge in [0.15, 0.2) is 5.82 Å². The maximum absolute atomic E-state index is 12.7. The second kappa shape index (κ2) is 8.36. The monoisotopic (exact) mass is 400 g/mol. The van der Waals surface area contributed by atoms with Crippen LogP contribution >= 0.6 is 0 Å². The normalized spacial score (nSPS) is 11.0. The number of benzene rings is 3. The molecule has 8 heteroatoms. The molecule has 4 rings (SSSR count). The Kier molecular flexibility index (Phi) is 5.29. The van der Waals surface area contributed by atoms with Gasteiger partial charge in [0.1, 0.15) is 17.1 Å². The molecule has 1 heterocycles. The summed E-state index contributed by atoms with van der Waals surface area (Å²) < 4.78 is 5.44. The van der Waals surface area contributed by atoms with Crippen molar-refractivity contribution in [1.82, 2.24) is 15.6 Å². The molecular weight excluding hydrogens is 380 g/mol. The number of para-hydroxylation sites is 1. The second-order valence-electron chi connectivity index (χ2n) is 6.45. The first-order valence-corrected chi connectivity index (χ1v) is 9.22. The number of nitrogen functional groups attached to an aromatic ring is 1. The third-order valence-electron chi connectivity index (χ3n) is 4.57. The van der Waals surface area contributed by atoms with E-state index in [2.05, 4.69) is 26.0 Å². The van der Waals surface area contributed by atoms with Gasteiger partial charge in [-0.1, -0.05) is 48.5 Å². The summed E-state index contributed by atoms with van der Waals surface area (Å²) in [7, 11) is 1.59. The molecule has 0 radical (unpaired) electrons. The van der Waals surface area contributed by atoms with E-state index in [9.17, 15) is 4.79 Å². The molecule has 0 saturated carbocycles. The second-order valence-corrected chi connectivity index (χ2v) is 6.45. The van der Waals surface area contributed by atoms with Crippen LogP contribution in [0.1, 0.15) is 15.9 Å². The van der Waals surface area contributed by atoms with Gasteiger partial charge < -0.3 is 15.8 Å². The van der Waals surface area contributed by atoms with Gasteiger partial charge >= 0.3 is 0 Å². The molecule has 150 valence electrons. The minimum Gasteiger partial charge on any atom is -0.496 e. The smallest absolute Gasteiger partial charge is 0.278 e. The molecule has 3 aromatic carbocycles. The minimum atomic E-state index is -0.491. The zero-order valence-corrected chi connectivity index (χ0v) is 16.2. The fourth-order valence-corrected chi connectivity index (χ4v) is 3.13. The molecule has 0 spiro atoms. The molecule has 0 aliphatic carbocycles. The number of H-pyrrole nitrogens is 1. The standard InChI is InChI=1S/C22H20N6O2/c1-30-18-12-11-14-7-5-6-10-16(14)17(18)13-24-28-22(29)19-20(23)26-27-21(19)25-15-8-3-2-4-9-15/h2-13H,1H3,(H,28,29)(H4,23,25,26,27)/b24-13+. The molecule has 1 amide bonds. The highest BCUT2D eigenvalue weighted by Gasteiger charge is 2.19. The molecular formula is C22H20N6O2. The van der Waals surface area contributed by atoms with Crippen LogP contribution in [0.2, 0.25) is 0 Å². The Labute approximate surface area is 172 Å². The average molecular weight is 400 g/mol. The van der Waals surface area contributed by atoms with E-state index < -0.39 is 5.91 Å². The summed E-state index contributed by atoms with van der Waals surface area (Å²) in [6.07, 6.45) is 1.56. The van der Waals surface area contributed by atoms with Crippen LogP contribution in [0.4, 0.5) is 17.3 Å². The highest BCUT2D eigenvalue weighted by molar-refractivity contribution is 6.05. The predicted molar refractivity (Wildman–Crippen MR) is 118 cm³/mol. The predicted octanol–water partition coefficient (Wildman–Crippen LogP) is 3.66. The molecule has 30 heavy (non-hydrogen) atoms. The zero-order chi connectivity index (χ0) is 20.9. The molecule has 0 saturated heterocycles. The van der Waals surface area contributed by atoms with Crippen LogP contribution in [0.5, 0.6) is 5.75 Å². The van der Waals surface area contributed by atoms with E-state index in [0.717, 1.165) is 22.0 Å². The molecule has 0 unspecified atom stereocenters. The Morgan fingerprint density at radius 3 is 2.67 bits per heavy atom. The number of nitrogens with zero attached hydrogens (tertiary/aromatic N) is 2. The van der Waals surface area contributed by atoms with Gasteiger partial charge in [0, 0.05) is 11.3 Å². The number of amides is 1. The summed E-state index contributed by atoms with van der Waals surface area (Å²) in [5.74, 6) is 0.620. The van der Waals surface area contributed by atoms with E-state index in [-0.39, 0.29) is 11.4 Å². The van der Waals surface area contributed by atoms with Gasteiger partial charge in [-0.15, -0.1) is 0 Å². The molecule has 0 aliphatic heterocycles. The van der Waals surface area contributed by atoms with Gasteiger partial charge in [-0.25, -0.2) is 5.43 Å². The van der Waals surface area contributed by atoms with Crippen LogP contribution in [-0.4, -0.2) is 29.4 Å². The molecule has 0 atom stereocenters. The summed E-state index contributed by atoms with van der Waals surface area (Å²) in [4.78, 5) is 12.7. The lowest BCUT2D eigenvalue weighted by Crippen LogP contribution is -2.19. The molecule has 0 bridgehead atoms. The van der Waals surface area contributed by atoms with Gasteiger partial charge in [0.25, 0.3) is 5.91 Å². The summed E-state index contributed by atoms with van der Waals surface area (Å²) in [5, 5.41) is 15.9. The summed E-state index contributed by atoms with van der Waals surface area (Å²) in [6, 6.07) is 21.1. The Balaban J connectivity index is 1.57. The van der Waals surface area contributed by atoms with Gasteiger partial charge in [0.2, 0.25) is 0 Å². The van der Waals surface area contributed by atoms with Crippen molar-refractivity contribution in [3.8, 4) is 5.75 Å². The lowest BCUT2D eigenvalue weighted by atomic mass is 10.0. The molecule has 8 nitrogen and oxygen atoms in total. The number of aromatic nitrogens is 2. The third kappa shape index (κ3) is 3.79. The Morgan fingerprint density at radius 2 is 1.87 bits per heavy atom. The SMILES string of the molecule is COc1ccc2ccccc2c1/C=N/NC(=O)c1c(Nc2ccccc2)n[nH]c1N. The first-order chi connectivity index (χ1) is 14.7. The van der Waals surface area contributed by atoms with Gasteiger partial charge in [-0.05, 0) is 29.0 Å². The molecule has 1 aromatic heterocycles. The number of aromatic amines is 1. The number of fused-ring (bicyclic) bond motifs is 1. The maximum atomic E-state index is 12.7. The fraction of sp³-hybridized carbons (Fsp3) is 0.0455. The van der Waals surface area contributed by atoms with E-state index in [4.69, 9.17) is 10.5 Å². The lowest BCUT2D eigenvalue weighted by Gasteiger charge is -2.08. The van der Waals surface area contributed by atoms with Crippen LogP contribution in [-0.2, 0) is 0 Å².